The molecule has 0 aliphatic carbocycles. The van der Waals surface area contributed by atoms with Crippen molar-refractivity contribution in [2.45, 2.75) is 32.4 Å². The molecule has 0 radical (unpaired) electrons. The summed E-state index contributed by atoms with van der Waals surface area (Å²) in [7, 11) is 1.60. The van der Waals surface area contributed by atoms with E-state index in [-0.39, 0.29) is 12.1 Å². The summed E-state index contributed by atoms with van der Waals surface area (Å²) in [4.78, 5) is 18.1. The molecule has 1 aromatic heterocycles. The third kappa shape index (κ3) is 4.65. The van der Waals surface area contributed by atoms with Gasteiger partial charge in [-0.3, -0.25) is 4.98 Å². The van der Waals surface area contributed by atoms with Gasteiger partial charge in [-0.25, -0.2) is 4.79 Å². The molecule has 120 valence electrons. The highest BCUT2D eigenvalue weighted by Crippen LogP contribution is 2.21. The fourth-order valence-corrected chi connectivity index (χ4v) is 2.12. The number of methoxy groups -OCH3 is 1. The molecule has 6 nitrogen and oxygen atoms in total. The number of ether oxygens (including phenoxy) is 2. The van der Waals surface area contributed by atoms with Crippen LogP contribution in [-0.4, -0.2) is 42.9 Å². The Balaban J connectivity index is 1.84. The molecule has 1 amide bonds. The van der Waals surface area contributed by atoms with Gasteiger partial charge in [0.1, 0.15) is 5.60 Å². The quantitative estimate of drug-likeness (QED) is 0.866. The van der Waals surface area contributed by atoms with Gasteiger partial charge >= 0.3 is 6.09 Å². The number of pyridine rings is 1. The summed E-state index contributed by atoms with van der Waals surface area (Å²) in [5.74, 6) is 0. The number of aromatic nitrogens is 1. The maximum Gasteiger partial charge on any atom is 0.407 e. The van der Waals surface area contributed by atoms with Gasteiger partial charge in [0.2, 0.25) is 0 Å². The van der Waals surface area contributed by atoms with Gasteiger partial charge < -0.3 is 19.7 Å². The fourth-order valence-electron chi connectivity index (χ4n) is 2.12. The number of anilines is 1. The van der Waals surface area contributed by atoms with E-state index in [1.165, 1.54) is 0 Å². The molecule has 22 heavy (non-hydrogen) atoms. The summed E-state index contributed by atoms with van der Waals surface area (Å²) in [6.07, 6.45) is 4.80. The third-order valence-electron chi connectivity index (χ3n) is 3.11. The number of carbonyl (C=O) groups is 1. The minimum atomic E-state index is -0.471. The number of carbonyl (C=O) groups excluding carboxylic acids is 1. The second-order valence-electron chi connectivity index (χ2n) is 6.23. The molecule has 1 aliphatic heterocycles. The van der Waals surface area contributed by atoms with E-state index in [9.17, 15) is 4.79 Å². The molecule has 1 fully saturated rings. The van der Waals surface area contributed by atoms with Crippen molar-refractivity contribution in [1.82, 2.24) is 10.3 Å². The lowest BCUT2D eigenvalue weighted by Gasteiger charge is -2.41. The van der Waals surface area contributed by atoms with Crippen LogP contribution in [0.1, 0.15) is 26.5 Å². The van der Waals surface area contributed by atoms with Gasteiger partial charge in [-0.05, 0) is 39.0 Å². The summed E-state index contributed by atoms with van der Waals surface area (Å²) in [5.41, 5.74) is 1.44. The molecule has 0 unspecified atom stereocenters. The molecule has 1 aromatic rings. The van der Waals surface area contributed by atoms with E-state index >= 15 is 0 Å². The SMILES string of the molecule is CO/C=C/c1cc(N2CC(NC(=O)OC(C)(C)C)C2)ccn1. The van der Waals surface area contributed by atoms with Crippen molar-refractivity contribution in [3.63, 3.8) is 0 Å². The Kier molecular flexibility index (Phi) is 4.90. The van der Waals surface area contributed by atoms with Crippen LogP contribution in [-0.2, 0) is 9.47 Å². The topological polar surface area (TPSA) is 63.7 Å². The van der Waals surface area contributed by atoms with Crippen LogP contribution in [0.3, 0.4) is 0 Å². The highest BCUT2D eigenvalue weighted by molar-refractivity contribution is 5.69. The Morgan fingerprint density at radius 2 is 2.18 bits per heavy atom. The van der Waals surface area contributed by atoms with Crippen molar-refractivity contribution in [2.75, 3.05) is 25.1 Å². The van der Waals surface area contributed by atoms with Crippen LogP contribution in [0.2, 0.25) is 0 Å². The average molecular weight is 305 g/mol. The first-order valence-electron chi connectivity index (χ1n) is 7.27. The van der Waals surface area contributed by atoms with Crippen molar-refractivity contribution in [2.24, 2.45) is 0 Å². The highest BCUT2D eigenvalue weighted by atomic mass is 16.6. The lowest BCUT2D eigenvalue weighted by molar-refractivity contribution is 0.0496. The summed E-state index contributed by atoms with van der Waals surface area (Å²) < 4.78 is 10.1. The van der Waals surface area contributed by atoms with Gasteiger partial charge in [0, 0.05) is 25.0 Å². The van der Waals surface area contributed by atoms with Crippen LogP contribution in [0.25, 0.3) is 6.08 Å². The molecule has 1 aliphatic rings. The minimum Gasteiger partial charge on any atom is -0.504 e. The van der Waals surface area contributed by atoms with Crippen molar-refractivity contribution < 1.29 is 14.3 Å². The normalized spacial score (nSPS) is 15.5. The summed E-state index contributed by atoms with van der Waals surface area (Å²) in [5, 5.41) is 2.87. The van der Waals surface area contributed by atoms with Crippen molar-refractivity contribution >= 4 is 17.9 Å². The molecule has 0 aromatic carbocycles. The monoisotopic (exact) mass is 305 g/mol. The van der Waals surface area contributed by atoms with E-state index in [4.69, 9.17) is 9.47 Å². The molecule has 0 atom stereocenters. The van der Waals surface area contributed by atoms with Crippen LogP contribution < -0.4 is 10.2 Å². The lowest BCUT2D eigenvalue weighted by Crippen LogP contribution is -2.60. The molecule has 6 heteroatoms. The smallest absolute Gasteiger partial charge is 0.407 e. The first-order valence-corrected chi connectivity index (χ1v) is 7.27. The van der Waals surface area contributed by atoms with E-state index < -0.39 is 5.60 Å². The zero-order valence-corrected chi connectivity index (χ0v) is 13.5. The average Bonchev–Trinajstić information content (AvgIpc) is 2.38. The number of amides is 1. The fraction of sp³-hybridized carbons (Fsp3) is 0.500. The predicted octanol–water partition coefficient (Wildman–Crippen LogP) is 2.41. The predicted molar refractivity (Wildman–Crippen MR) is 85.7 cm³/mol. The van der Waals surface area contributed by atoms with Gasteiger partial charge in [0.15, 0.2) is 0 Å². The maximum absolute atomic E-state index is 11.7. The highest BCUT2D eigenvalue weighted by Gasteiger charge is 2.29. The van der Waals surface area contributed by atoms with Crippen molar-refractivity contribution in [1.29, 1.82) is 0 Å². The van der Waals surface area contributed by atoms with Crippen LogP contribution in [0.4, 0.5) is 10.5 Å². The number of rotatable bonds is 4. The zero-order valence-electron chi connectivity index (χ0n) is 13.5. The standard InChI is InChI=1S/C16H23N3O3/c1-16(2,3)22-15(20)18-13-10-19(11-13)14-5-7-17-12(9-14)6-8-21-4/h5-9,13H,10-11H2,1-4H3,(H,18,20)/b8-6+. The molecule has 0 spiro atoms. The third-order valence-corrected chi connectivity index (χ3v) is 3.11. The Labute approximate surface area is 131 Å². The van der Waals surface area contributed by atoms with Gasteiger partial charge in [-0.2, -0.15) is 0 Å². The Morgan fingerprint density at radius 3 is 2.82 bits per heavy atom. The van der Waals surface area contributed by atoms with Crippen LogP contribution in [0.15, 0.2) is 24.6 Å². The number of alkyl carbamates (subject to hydrolysis) is 1. The maximum atomic E-state index is 11.7. The molecule has 2 rings (SSSR count). The Morgan fingerprint density at radius 1 is 1.45 bits per heavy atom. The summed E-state index contributed by atoms with van der Waals surface area (Å²) in [6.45, 7) is 7.08. The van der Waals surface area contributed by atoms with Crippen molar-refractivity contribution in [3.8, 4) is 0 Å². The number of nitrogens with zero attached hydrogens (tertiary/aromatic N) is 2. The van der Waals surface area contributed by atoms with Gasteiger partial charge in [-0.15, -0.1) is 0 Å². The second kappa shape index (κ2) is 6.68. The second-order valence-corrected chi connectivity index (χ2v) is 6.23. The molecule has 2 heterocycles. The minimum absolute atomic E-state index is 0.112. The van der Waals surface area contributed by atoms with Gasteiger partial charge in [-0.1, -0.05) is 0 Å². The molecule has 1 N–H and O–H groups in total. The number of nitrogens with one attached hydrogen (secondary N) is 1. The van der Waals surface area contributed by atoms with Crippen LogP contribution >= 0.6 is 0 Å². The van der Waals surface area contributed by atoms with Crippen LogP contribution in [0.5, 0.6) is 0 Å². The number of hydrogen-bond donors (Lipinski definition) is 1. The largest absolute Gasteiger partial charge is 0.504 e. The van der Waals surface area contributed by atoms with Gasteiger partial charge in [0.05, 0.1) is 25.1 Å². The molecule has 0 saturated carbocycles. The van der Waals surface area contributed by atoms with E-state index in [0.29, 0.717) is 0 Å². The molecule has 1 saturated heterocycles. The zero-order chi connectivity index (χ0) is 16.2. The van der Waals surface area contributed by atoms with Crippen molar-refractivity contribution in [3.05, 3.63) is 30.3 Å². The summed E-state index contributed by atoms with van der Waals surface area (Å²) >= 11 is 0. The molecular formula is C16H23N3O3. The van der Waals surface area contributed by atoms with E-state index in [1.54, 1.807) is 25.6 Å². The van der Waals surface area contributed by atoms with E-state index in [2.05, 4.69) is 15.2 Å². The van der Waals surface area contributed by atoms with Crippen LogP contribution in [0, 0.1) is 0 Å². The molecular weight excluding hydrogens is 282 g/mol. The summed E-state index contributed by atoms with van der Waals surface area (Å²) in [6, 6.07) is 4.05. The Bertz CT molecular complexity index is 546. The lowest BCUT2D eigenvalue weighted by atomic mass is 10.1. The van der Waals surface area contributed by atoms with Gasteiger partial charge in [0.25, 0.3) is 0 Å². The first-order chi connectivity index (χ1) is 10.4. The van der Waals surface area contributed by atoms with E-state index in [1.807, 2.05) is 32.9 Å². The Hall–Kier alpha value is -2.24. The van der Waals surface area contributed by atoms with E-state index in [0.717, 1.165) is 24.5 Å². The number of hydrogen-bond acceptors (Lipinski definition) is 5. The first kappa shape index (κ1) is 16.1. The molecule has 0 bridgehead atoms.